The summed E-state index contributed by atoms with van der Waals surface area (Å²) in [6.07, 6.45) is -0.358. The van der Waals surface area contributed by atoms with Crippen LogP contribution in [0.1, 0.15) is 39.9 Å². The molecule has 0 aliphatic heterocycles. The van der Waals surface area contributed by atoms with Crippen molar-refractivity contribution in [2.24, 2.45) is 0 Å². The SMILES string of the molecule is O=C(Nc1cc(C(F)(F)F)ccc1Cl)c1ccc2c(c1)CCCC2. The Kier molecular flexibility index (Phi) is 4.54. The zero-order valence-electron chi connectivity index (χ0n) is 12.7. The first-order chi connectivity index (χ1) is 11.3. The molecule has 0 unspecified atom stereocenters. The zero-order valence-corrected chi connectivity index (χ0v) is 13.5. The number of fused-ring (bicyclic) bond motifs is 1. The second-order valence-corrected chi connectivity index (χ2v) is 6.24. The van der Waals surface area contributed by atoms with Crippen LogP contribution < -0.4 is 5.32 Å². The summed E-state index contributed by atoms with van der Waals surface area (Å²) in [7, 11) is 0. The molecule has 126 valence electrons. The van der Waals surface area contributed by atoms with Crippen LogP contribution in [0, 0.1) is 0 Å². The van der Waals surface area contributed by atoms with Crippen LogP contribution in [0.25, 0.3) is 0 Å². The lowest BCUT2D eigenvalue weighted by Crippen LogP contribution is -2.15. The predicted molar refractivity (Wildman–Crippen MR) is 87.5 cm³/mol. The molecule has 1 aliphatic carbocycles. The first-order valence-electron chi connectivity index (χ1n) is 7.64. The Morgan fingerprint density at radius 2 is 1.71 bits per heavy atom. The zero-order chi connectivity index (χ0) is 17.3. The van der Waals surface area contributed by atoms with Gasteiger partial charge in [0.25, 0.3) is 5.91 Å². The largest absolute Gasteiger partial charge is 0.416 e. The Morgan fingerprint density at radius 1 is 1.00 bits per heavy atom. The van der Waals surface area contributed by atoms with Crippen molar-refractivity contribution in [1.29, 1.82) is 0 Å². The number of halogens is 4. The Bertz CT molecular complexity index is 786. The Hall–Kier alpha value is -2.01. The van der Waals surface area contributed by atoms with Crippen LogP contribution in [0.4, 0.5) is 18.9 Å². The van der Waals surface area contributed by atoms with Gasteiger partial charge >= 0.3 is 6.18 Å². The molecule has 0 atom stereocenters. The highest BCUT2D eigenvalue weighted by molar-refractivity contribution is 6.34. The second-order valence-electron chi connectivity index (χ2n) is 5.84. The van der Waals surface area contributed by atoms with Crippen LogP contribution in [-0.4, -0.2) is 5.91 Å². The number of anilines is 1. The molecular formula is C18H15ClF3NO. The number of nitrogens with one attached hydrogen (secondary N) is 1. The number of rotatable bonds is 2. The van der Waals surface area contributed by atoms with E-state index in [1.54, 1.807) is 6.07 Å². The maximum absolute atomic E-state index is 12.8. The molecule has 0 heterocycles. The molecule has 0 fully saturated rings. The highest BCUT2D eigenvalue weighted by Crippen LogP contribution is 2.34. The molecule has 1 N–H and O–H groups in total. The monoisotopic (exact) mass is 353 g/mol. The average Bonchev–Trinajstić information content (AvgIpc) is 2.55. The van der Waals surface area contributed by atoms with Gasteiger partial charge in [-0.15, -0.1) is 0 Å². The summed E-state index contributed by atoms with van der Waals surface area (Å²) < 4.78 is 38.4. The van der Waals surface area contributed by atoms with Gasteiger partial charge in [0.2, 0.25) is 0 Å². The number of alkyl halides is 3. The molecule has 3 rings (SSSR count). The third-order valence-electron chi connectivity index (χ3n) is 4.15. The normalized spacial score (nSPS) is 14.2. The molecule has 0 radical (unpaired) electrons. The smallest absolute Gasteiger partial charge is 0.321 e. The van der Waals surface area contributed by atoms with E-state index in [9.17, 15) is 18.0 Å². The van der Waals surface area contributed by atoms with Crippen molar-refractivity contribution in [3.63, 3.8) is 0 Å². The van der Waals surface area contributed by atoms with Crippen LogP contribution in [0.5, 0.6) is 0 Å². The van der Waals surface area contributed by atoms with Crippen LogP contribution >= 0.6 is 11.6 Å². The fraction of sp³-hybridized carbons (Fsp3) is 0.278. The maximum atomic E-state index is 12.8. The van der Waals surface area contributed by atoms with E-state index >= 15 is 0 Å². The van der Waals surface area contributed by atoms with Crippen molar-refractivity contribution in [1.82, 2.24) is 0 Å². The van der Waals surface area contributed by atoms with Crippen molar-refractivity contribution in [3.8, 4) is 0 Å². The average molecular weight is 354 g/mol. The van der Waals surface area contributed by atoms with Gasteiger partial charge in [-0.1, -0.05) is 17.7 Å². The molecule has 0 aromatic heterocycles. The third kappa shape index (κ3) is 3.56. The van der Waals surface area contributed by atoms with Crippen LogP contribution in [0.15, 0.2) is 36.4 Å². The van der Waals surface area contributed by atoms with Gasteiger partial charge in [-0.3, -0.25) is 4.79 Å². The summed E-state index contributed by atoms with van der Waals surface area (Å²) in [5, 5.41) is 2.54. The minimum absolute atomic E-state index is 0.0470. The minimum Gasteiger partial charge on any atom is -0.321 e. The number of carbonyl (C=O) groups excluding carboxylic acids is 1. The summed E-state index contributed by atoms with van der Waals surface area (Å²) in [6.45, 7) is 0. The van der Waals surface area contributed by atoms with Gasteiger partial charge in [-0.05, 0) is 67.1 Å². The fourth-order valence-corrected chi connectivity index (χ4v) is 3.03. The summed E-state index contributed by atoms with van der Waals surface area (Å²) in [6, 6.07) is 8.28. The maximum Gasteiger partial charge on any atom is 0.416 e. The summed E-state index contributed by atoms with van der Waals surface area (Å²) in [5.74, 6) is -0.468. The number of amides is 1. The number of benzene rings is 2. The van der Waals surface area contributed by atoms with E-state index < -0.39 is 17.6 Å². The Balaban J connectivity index is 1.85. The molecule has 1 aliphatic rings. The molecule has 0 saturated heterocycles. The first-order valence-corrected chi connectivity index (χ1v) is 8.02. The molecule has 2 nitrogen and oxygen atoms in total. The molecule has 6 heteroatoms. The van der Waals surface area contributed by atoms with Gasteiger partial charge in [-0.2, -0.15) is 13.2 Å². The minimum atomic E-state index is -4.49. The summed E-state index contributed by atoms with van der Waals surface area (Å²) in [5.41, 5.74) is 1.88. The van der Waals surface area contributed by atoms with Crippen LogP contribution in [0.2, 0.25) is 5.02 Å². The molecule has 0 spiro atoms. The molecule has 2 aromatic carbocycles. The molecule has 0 bridgehead atoms. The van der Waals surface area contributed by atoms with E-state index in [-0.39, 0.29) is 10.7 Å². The van der Waals surface area contributed by atoms with E-state index in [1.807, 2.05) is 12.1 Å². The molecular weight excluding hydrogens is 339 g/mol. The van der Waals surface area contributed by atoms with E-state index in [4.69, 9.17) is 11.6 Å². The fourth-order valence-electron chi connectivity index (χ4n) is 2.87. The standard InChI is InChI=1S/C18H15ClF3NO/c19-15-8-7-14(18(20,21)22)10-16(15)23-17(24)13-6-5-11-3-1-2-4-12(11)9-13/h5-10H,1-4H2,(H,23,24). The van der Waals surface area contributed by atoms with E-state index in [1.165, 1.54) is 5.56 Å². The number of carbonyl (C=O) groups is 1. The van der Waals surface area contributed by atoms with Crippen molar-refractivity contribution < 1.29 is 18.0 Å². The van der Waals surface area contributed by atoms with Crippen molar-refractivity contribution in [2.75, 3.05) is 5.32 Å². The van der Waals surface area contributed by atoms with Crippen molar-refractivity contribution >= 4 is 23.2 Å². The Morgan fingerprint density at radius 3 is 2.42 bits per heavy atom. The quantitative estimate of drug-likeness (QED) is 0.760. The van der Waals surface area contributed by atoms with Gasteiger partial charge < -0.3 is 5.32 Å². The number of hydrogen-bond acceptors (Lipinski definition) is 1. The molecule has 24 heavy (non-hydrogen) atoms. The van der Waals surface area contributed by atoms with Crippen molar-refractivity contribution in [3.05, 3.63) is 63.7 Å². The number of hydrogen-bond donors (Lipinski definition) is 1. The topological polar surface area (TPSA) is 29.1 Å². The van der Waals surface area contributed by atoms with Gasteiger partial charge in [0.05, 0.1) is 16.3 Å². The van der Waals surface area contributed by atoms with Gasteiger partial charge in [-0.25, -0.2) is 0 Å². The number of aryl methyl sites for hydroxylation is 2. The van der Waals surface area contributed by atoms with E-state index in [0.29, 0.717) is 5.56 Å². The highest BCUT2D eigenvalue weighted by atomic mass is 35.5. The lowest BCUT2D eigenvalue weighted by molar-refractivity contribution is -0.137. The van der Waals surface area contributed by atoms with E-state index in [2.05, 4.69) is 5.32 Å². The molecule has 0 saturated carbocycles. The van der Waals surface area contributed by atoms with Crippen molar-refractivity contribution in [2.45, 2.75) is 31.9 Å². The third-order valence-corrected chi connectivity index (χ3v) is 4.48. The van der Waals surface area contributed by atoms with Crippen LogP contribution in [-0.2, 0) is 19.0 Å². The lowest BCUT2D eigenvalue weighted by atomic mass is 9.90. The van der Waals surface area contributed by atoms with E-state index in [0.717, 1.165) is 49.4 Å². The Labute approximate surface area is 142 Å². The predicted octanol–water partition coefficient (Wildman–Crippen LogP) is 5.49. The first kappa shape index (κ1) is 16.8. The highest BCUT2D eigenvalue weighted by Gasteiger charge is 2.31. The second kappa shape index (κ2) is 6.48. The van der Waals surface area contributed by atoms with Crippen LogP contribution in [0.3, 0.4) is 0 Å². The summed E-state index contributed by atoms with van der Waals surface area (Å²) >= 11 is 5.91. The summed E-state index contributed by atoms with van der Waals surface area (Å²) in [4.78, 5) is 12.4. The van der Waals surface area contributed by atoms with Gasteiger partial charge in [0.1, 0.15) is 0 Å². The van der Waals surface area contributed by atoms with Gasteiger partial charge in [0, 0.05) is 5.56 Å². The van der Waals surface area contributed by atoms with Gasteiger partial charge in [0.15, 0.2) is 0 Å². The molecule has 2 aromatic rings. The lowest BCUT2D eigenvalue weighted by Gasteiger charge is -2.17. The molecule has 1 amide bonds.